The molecule has 2 heterocycles. The number of piperidine rings is 1. The van der Waals surface area contributed by atoms with Gasteiger partial charge in [0.25, 0.3) is 0 Å². The summed E-state index contributed by atoms with van der Waals surface area (Å²) in [6, 6.07) is 13.6. The molecule has 148 valence electrons. The van der Waals surface area contributed by atoms with E-state index in [2.05, 4.69) is 16.3 Å². The number of methoxy groups -OCH3 is 1. The number of amides is 1. The minimum absolute atomic E-state index is 0.0189. The number of rotatable bonds is 5. The van der Waals surface area contributed by atoms with Crippen LogP contribution in [-0.2, 0) is 11.3 Å². The quantitative estimate of drug-likeness (QED) is 0.860. The van der Waals surface area contributed by atoms with Gasteiger partial charge in [0.15, 0.2) is 11.5 Å². The molecule has 1 saturated heterocycles. The molecular formula is C22H26N2O4. The van der Waals surface area contributed by atoms with E-state index < -0.39 is 0 Å². The number of ether oxygens (including phenoxy) is 3. The van der Waals surface area contributed by atoms with Crippen molar-refractivity contribution >= 4 is 11.6 Å². The first-order valence-corrected chi connectivity index (χ1v) is 9.78. The lowest BCUT2D eigenvalue weighted by Gasteiger charge is -2.32. The standard InChI is InChI=1S/C22H26N2O4/c1-26-19-7-3-2-6-18(19)23-22(25)16-9-11-24(12-10-16)15-17-5-4-8-20-21(17)28-14-13-27-20/h2-8,16H,9-15H2,1H3,(H,23,25). The van der Waals surface area contributed by atoms with Crippen molar-refractivity contribution in [2.45, 2.75) is 19.4 Å². The van der Waals surface area contributed by atoms with Crippen LogP contribution in [0.5, 0.6) is 17.2 Å². The number of hydrogen-bond donors (Lipinski definition) is 1. The summed E-state index contributed by atoms with van der Waals surface area (Å²) in [6.07, 6.45) is 1.68. The summed E-state index contributed by atoms with van der Waals surface area (Å²) in [6.45, 7) is 3.77. The second-order valence-electron chi connectivity index (χ2n) is 7.18. The summed E-state index contributed by atoms with van der Waals surface area (Å²) in [5.74, 6) is 2.47. The summed E-state index contributed by atoms with van der Waals surface area (Å²) in [7, 11) is 1.61. The second kappa shape index (κ2) is 8.52. The Labute approximate surface area is 165 Å². The third kappa shape index (κ3) is 4.07. The molecule has 2 aliphatic heterocycles. The Kier molecular flexibility index (Phi) is 5.67. The van der Waals surface area contributed by atoms with Crippen LogP contribution >= 0.6 is 0 Å². The van der Waals surface area contributed by atoms with Crippen molar-refractivity contribution in [3.8, 4) is 17.2 Å². The lowest BCUT2D eigenvalue weighted by atomic mass is 9.95. The van der Waals surface area contributed by atoms with E-state index in [4.69, 9.17) is 14.2 Å². The van der Waals surface area contributed by atoms with Gasteiger partial charge in [0.1, 0.15) is 19.0 Å². The number of para-hydroxylation sites is 3. The molecule has 2 aliphatic rings. The van der Waals surface area contributed by atoms with Crippen LogP contribution in [0.15, 0.2) is 42.5 Å². The van der Waals surface area contributed by atoms with Crippen LogP contribution in [0.2, 0.25) is 0 Å². The van der Waals surface area contributed by atoms with E-state index >= 15 is 0 Å². The number of carbonyl (C=O) groups excluding carboxylic acids is 1. The molecule has 1 amide bonds. The maximum Gasteiger partial charge on any atom is 0.227 e. The number of nitrogens with one attached hydrogen (secondary N) is 1. The Morgan fingerprint density at radius 2 is 1.89 bits per heavy atom. The Balaban J connectivity index is 1.33. The highest BCUT2D eigenvalue weighted by Gasteiger charge is 2.26. The summed E-state index contributed by atoms with van der Waals surface area (Å²) < 4.78 is 16.8. The zero-order valence-electron chi connectivity index (χ0n) is 16.1. The highest BCUT2D eigenvalue weighted by Crippen LogP contribution is 2.35. The maximum absolute atomic E-state index is 12.7. The van der Waals surface area contributed by atoms with Gasteiger partial charge in [-0.25, -0.2) is 0 Å². The van der Waals surface area contributed by atoms with Crippen molar-refractivity contribution in [2.75, 3.05) is 38.7 Å². The van der Waals surface area contributed by atoms with Crippen LogP contribution in [0.1, 0.15) is 18.4 Å². The topological polar surface area (TPSA) is 60.0 Å². The van der Waals surface area contributed by atoms with Crippen molar-refractivity contribution in [1.82, 2.24) is 4.90 Å². The first kappa shape index (κ1) is 18.6. The SMILES string of the molecule is COc1ccccc1NC(=O)C1CCN(Cc2cccc3c2OCCO3)CC1. The third-order valence-corrected chi connectivity index (χ3v) is 5.36. The normalized spacial score (nSPS) is 17.2. The van der Waals surface area contributed by atoms with E-state index in [9.17, 15) is 4.79 Å². The van der Waals surface area contributed by atoms with Crippen molar-refractivity contribution in [2.24, 2.45) is 5.92 Å². The Morgan fingerprint density at radius 1 is 1.11 bits per heavy atom. The van der Waals surface area contributed by atoms with Crippen LogP contribution in [-0.4, -0.2) is 44.2 Å². The average Bonchev–Trinajstić information content (AvgIpc) is 2.75. The fourth-order valence-corrected chi connectivity index (χ4v) is 3.84. The summed E-state index contributed by atoms with van der Waals surface area (Å²) >= 11 is 0. The van der Waals surface area contributed by atoms with Crippen molar-refractivity contribution in [1.29, 1.82) is 0 Å². The minimum Gasteiger partial charge on any atom is -0.495 e. The molecule has 0 aliphatic carbocycles. The Hall–Kier alpha value is -2.73. The predicted molar refractivity (Wildman–Crippen MR) is 107 cm³/mol. The van der Waals surface area contributed by atoms with Gasteiger partial charge >= 0.3 is 0 Å². The van der Waals surface area contributed by atoms with Crippen molar-refractivity contribution in [3.63, 3.8) is 0 Å². The monoisotopic (exact) mass is 382 g/mol. The molecule has 4 rings (SSSR count). The van der Waals surface area contributed by atoms with Gasteiger partial charge in [0, 0.05) is 18.0 Å². The lowest BCUT2D eigenvalue weighted by Crippen LogP contribution is -2.38. The Bertz CT molecular complexity index is 831. The molecule has 0 bridgehead atoms. The van der Waals surface area contributed by atoms with Gasteiger partial charge in [0.05, 0.1) is 12.8 Å². The van der Waals surface area contributed by atoms with Crippen LogP contribution in [0.3, 0.4) is 0 Å². The zero-order chi connectivity index (χ0) is 19.3. The molecule has 0 unspecified atom stereocenters. The highest BCUT2D eigenvalue weighted by atomic mass is 16.6. The van der Waals surface area contributed by atoms with Crippen LogP contribution < -0.4 is 19.5 Å². The first-order valence-electron chi connectivity index (χ1n) is 9.78. The molecule has 0 atom stereocenters. The van der Waals surface area contributed by atoms with Gasteiger partial charge in [-0.1, -0.05) is 24.3 Å². The lowest BCUT2D eigenvalue weighted by molar-refractivity contribution is -0.121. The first-order chi connectivity index (χ1) is 13.7. The largest absolute Gasteiger partial charge is 0.495 e. The molecule has 6 nitrogen and oxygen atoms in total. The van der Waals surface area contributed by atoms with E-state index in [0.29, 0.717) is 19.0 Å². The summed E-state index contributed by atoms with van der Waals surface area (Å²) in [5, 5.41) is 3.02. The van der Waals surface area contributed by atoms with Crippen LogP contribution in [0, 0.1) is 5.92 Å². The molecule has 1 fully saturated rings. The van der Waals surface area contributed by atoms with Crippen molar-refractivity contribution in [3.05, 3.63) is 48.0 Å². The van der Waals surface area contributed by atoms with Gasteiger partial charge in [-0.15, -0.1) is 0 Å². The molecule has 1 N–H and O–H groups in total. The van der Waals surface area contributed by atoms with Gasteiger partial charge in [0.2, 0.25) is 5.91 Å². The molecular weight excluding hydrogens is 356 g/mol. The van der Waals surface area contributed by atoms with Gasteiger partial charge in [-0.3, -0.25) is 9.69 Å². The minimum atomic E-state index is 0.0189. The number of anilines is 1. The molecule has 2 aromatic rings. The summed E-state index contributed by atoms with van der Waals surface area (Å²) in [5.41, 5.74) is 1.87. The van der Waals surface area contributed by atoms with E-state index in [-0.39, 0.29) is 11.8 Å². The van der Waals surface area contributed by atoms with E-state index in [1.165, 1.54) is 0 Å². The Morgan fingerprint density at radius 3 is 2.71 bits per heavy atom. The van der Waals surface area contributed by atoms with E-state index in [1.807, 2.05) is 36.4 Å². The van der Waals surface area contributed by atoms with Gasteiger partial charge in [-0.2, -0.15) is 0 Å². The smallest absolute Gasteiger partial charge is 0.227 e. The zero-order valence-corrected chi connectivity index (χ0v) is 16.1. The van der Waals surface area contributed by atoms with E-state index in [1.54, 1.807) is 7.11 Å². The van der Waals surface area contributed by atoms with Crippen LogP contribution in [0.25, 0.3) is 0 Å². The fourth-order valence-electron chi connectivity index (χ4n) is 3.84. The van der Waals surface area contributed by atoms with Crippen molar-refractivity contribution < 1.29 is 19.0 Å². The number of carbonyl (C=O) groups is 1. The number of nitrogens with zero attached hydrogens (tertiary/aromatic N) is 1. The fraction of sp³-hybridized carbons (Fsp3) is 0.409. The number of fused-ring (bicyclic) bond motifs is 1. The van der Waals surface area contributed by atoms with E-state index in [0.717, 1.165) is 55.2 Å². The number of likely N-dealkylation sites (tertiary alicyclic amines) is 1. The predicted octanol–water partition coefficient (Wildman–Crippen LogP) is 3.32. The third-order valence-electron chi connectivity index (χ3n) is 5.36. The second-order valence-corrected chi connectivity index (χ2v) is 7.18. The van der Waals surface area contributed by atoms with Crippen LogP contribution in [0.4, 0.5) is 5.69 Å². The molecule has 28 heavy (non-hydrogen) atoms. The molecule has 0 saturated carbocycles. The number of benzene rings is 2. The molecule has 2 aromatic carbocycles. The average molecular weight is 382 g/mol. The maximum atomic E-state index is 12.7. The van der Waals surface area contributed by atoms with Gasteiger partial charge in [-0.05, 0) is 44.1 Å². The molecule has 6 heteroatoms. The highest BCUT2D eigenvalue weighted by molar-refractivity contribution is 5.94. The molecule has 0 radical (unpaired) electrons. The summed E-state index contributed by atoms with van der Waals surface area (Å²) in [4.78, 5) is 15.0. The van der Waals surface area contributed by atoms with Gasteiger partial charge < -0.3 is 19.5 Å². The molecule has 0 aromatic heterocycles. The molecule has 0 spiro atoms. The number of hydrogen-bond acceptors (Lipinski definition) is 5.